The van der Waals surface area contributed by atoms with Gasteiger partial charge in [-0.25, -0.2) is 4.79 Å². The van der Waals surface area contributed by atoms with Gasteiger partial charge in [-0.2, -0.15) is 0 Å². The molecule has 0 radical (unpaired) electrons. The summed E-state index contributed by atoms with van der Waals surface area (Å²) in [6.07, 6.45) is -0.0923. The molecule has 1 unspecified atom stereocenters. The van der Waals surface area contributed by atoms with Crippen LogP contribution in [0.15, 0.2) is 18.2 Å². The van der Waals surface area contributed by atoms with Crippen LogP contribution in [0.5, 0.6) is 0 Å². The molecule has 0 saturated carbocycles. The Morgan fingerprint density at radius 2 is 1.89 bits per heavy atom. The number of carboxylic acid groups (broad SMARTS) is 2. The van der Waals surface area contributed by atoms with Crippen LogP contribution in [-0.4, -0.2) is 34.7 Å². The van der Waals surface area contributed by atoms with E-state index in [1.165, 1.54) is 0 Å². The van der Waals surface area contributed by atoms with Crippen molar-refractivity contribution in [1.82, 2.24) is 0 Å². The van der Waals surface area contributed by atoms with E-state index in [0.717, 1.165) is 16.8 Å². The van der Waals surface area contributed by atoms with E-state index in [0.29, 0.717) is 0 Å². The van der Waals surface area contributed by atoms with Gasteiger partial charge in [0.05, 0.1) is 6.42 Å². The standard InChI is InChI=1S/C14H19NO4/c1-9-5-4-6-12(10(9)2)15(8-7-13(16)17)11(3)14(18)19/h4-6,11H,7-8H2,1-3H3,(H,16,17)(H,18,19). The summed E-state index contributed by atoms with van der Waals surface area (Å²) < 4.78 is 0. The molecule has 2 N–H and O–H groups in total. The number of aliphatic carboxylic acids is 2. The molecule has 0 aliphatic heterocycles. The SMILES string of the molecule is Cc1cccc(N(CCC(=O)O)C(C)C(=O)O)c1C. The molecule has 0 aliphatic rings. The largest absolute Gasteiger partial charge is 0.481 e. The Labute approximate surface area is 112 Å². The lowest BCUT2D eigenvalue weighted by Gasteiger charge is -2.30. The van der Waals surface area contributed by atoms with Crippen LogP contribution in [0.4, 0.5) is 5.69 Å². The number of carboxylic acids is 2. The van der Waals surface area contributed by atoms with Gasteiger partial charge >= 0.3 is 11.9 Å². The van der Waals surface area contributed by atoms with E-state index in [2.05, 4.69) is 0 Å². The van der Waals surface area contributed by atoms with E-state index in [-0.39, 0.29) is 13.0 Å². The van der Waals surface area contributed by atoms with Crippen molar-refractivity contribution in [2.24, 2.45) is 0 Å². The summed E-state index contributed by atoms with van der Waals surface area (Å²) in [6, 6.07) is 4.85. The van der Waals surface area contributed by atoms with Crippen molar-refractivity contribution >= 4 is 17.6 Å². The molecule has 5 nitrogen and oxygen atoms in total. The summed E-state index contributed by atoms with van der Waals surface area (Å²) in [7, 11) is 0. The molecule has 0 heterocycles. The molecule has 0 bridgehead atoms. The maximum absolute atomic E-state index is 11.2. The molecular weight excluding hydrogens is 246 g/mol. The van der Waals surface area contributed by atoms with E-state index in [9.17, 15) is 9.59 Å². The van der Waals surface area contributed by atoms with Crippen molar-refractivity contribution in [3.05, 3.63) is 29.3 Å². The summed E-state index contributed by atoms with van der Waals surface area (Å²) in [5, 5.41) is 17.9. The molecule has 104 valence electrons. The lowest BCUT2D eigenvalue weighted by molar-refractivity contribution is -0.139. The molecule has 0 amide bonds. The molecule has 1 aromatic rings. The predicted molar refractivity (Wildman–Crippen MR) is 72.6 cm³/mol. The van der Waals surface area contributed by atoms with E-state index in [4.69, 9.17) is 10.2 Å². The topological polar surface area (TPSA) is 77.8 Å². The molecule has 1 aromatic carbocycles. The number of hydrogen-bond acceptors (Lipinski definition) is 3. The predicted octanol–water partition coefficient (Wildman–Crippen LogP) is 2.06. The summed E-state index contributed by atoms with van der Waals surface area (Å²) in [5.74, 6) is -1.90. The Balaban J connectivity index is 3.11. The third kappa shape index (κ3) is 3.71. The quantitative estimate of drug-likeness (QED) is 0.823. The van der Waals surface area contributed by atoms with Crippen molar-refractivity contribution in [1.29, 1.82) is 0 Å². The van der Waals surface area contributed by atoms with Crippen molar-refractivity contribution in [3.8, 4) is 0 Å². The minimum Gasteiger partial charge on any atom is -0.481 e. The normalized spacial score (nSPS) is 11.9. The van der Waals surface area contributed by atoms with Gasteiger partial charge in [0.1, 0.15) is 6.04 Å². The van der Waals surface area contributed by atoms with E-state index in [1.807, 2.05) is 32.0 Å². The highest BCUT2D eigenvalue weighted by Crippen LogP contribution is 2.25. The Hall–Kier alpha value is -2.04. The van der Waals surface area contributed by atoms with Gasteiger partial charge in [0, 0.05) is 12.2 Å². The Kier molecular flexibility index (Phi) is 4.92. The van der Waals surface area contributed by atoms with Crippen molar-refractivity contribution in [3.63, 3.8) is 0 Å². The zero-order chi connectivity index (χ0) is 14.6. The van der Waals surface area contributed by atoms with Crippen LogP contribution in [0, 0.1) is 13.8 Å². The average Bonchev–Trinajstić information content (AvgIpc) is 2.33. The lowest BCUT2D eigenvalue weighted by Crippen LogP contribution is -2.40. The minimum atomic E-state index is -0.966. The van der Waals surface area contributed by atoms with Gasteiger partial charge in [0.15, 0.2) is 0 Å². The first-order valence-corrected chi connectivity index (χ1v) is 6.12. The van der Waals surface area contributed by atoms with E-state index >= 15 is 0 Å². The second kappa shape index (κ2) is 6.22. The molecule has 5 heteroatoms. The maximum Gasteiger partial charge on any atom is 0.326 e. The summed E-state index contributed by atoms with van der Waals surface area (Å²) in [5.41, 5.74) is 2.80. The van der Waals surface area contributed by atoms with Gasteiger partial charge in [0.25, 0.3) is 0 Å². The van der Waals surface area contributed by atoms with Crippen LogP contribution < -0.4 is 4.90 Å². The number of carbonyl (C=O) groups is 2. The summed E-state index contributed by atoms with van der Waals surface area (Å²) >= 11 is 0. The maximum atomic E-state index is 11.2. The first-order valence-electron chi connectivity index (χ1n) is 6.12. The number of nitrogens with zero attached hydrogens (tertiary/aromatic N) is 1. The van der Waals surface area contributed by atoms with Crippen molar-refractivity contribution in [2.45, 2.75) is 33.2 Å². The molecular formula is C14H19NO4. The highest BCUT2D eigenvalue weighted by Gasteiger charge is 2.23. The molecule has 0 aromatic heterocycles. The first kappa shape index (κ1) is 15.0. The molecule has 1 atom stereocenters. The van der Waals surface area contributed by atoms with Crippen molar-refractivity contribution in [2.75, 3.05) is 11.4 Å². The Morgan fingerprint density at radius 3 is 2.42 bits per heavy atom. The monoisotopic (exact) mass is 265 g/mol. The smallest absolute Gasteiger partial charge is 0.326 e. The molecule has 0 aliphatic carbocycles. The molecule has 0 spiro atoms. The molecule has 0 saturated heterocycles. The molecule has 0 fully saturated rings. The van der Waals surface area contributed by atoms with Crippen LogP contribution in [-0.2, 0) is 9.59 Å². The highest BCUT2D eigenvalue weighted by molar-refractivity contribution is 5.79. The second-order valence-corrected chi connectivity index (χ2v) is 4.57. The summed E-state index contributed by atoms with van der Waals surface area (Å²) in [6.45, 7) is 5.59. The minimum absolute atomic E-state index is 0.0923. The number of anilines is 1. The van der Waals surface area contributed by atoms with E-state index < -0.39 is 18.0 Å². The van der Waals surface area contributed by atoms with Gasteiger partial charge in [-0.1, -0.05) is 12.1 Å². The Morgan fingerprint density at radius 1 is 1.26 bits per heavy atom. The van der Waals surface area contributed by atoms with Crippen LogP contribution in [0.25, 0.3) is 0 Å². The van der Waals surface area contributed by atoms with Gasteiger partial charge < -0.3 is 15.1 Å². The number of rotatable bonds is 6. The fourth-order valence-electron chi connectivity index (χ4n) is 1.92. The first-order chi connectivity index (χ1) is 8.84. The number of benzene rings is 1. The van der Waals surface area contributed by atoms with E-state index in [1.54, 1.807) is 11.8 Å². The summed E-state index contributed by atoms with van der Waals surface area (Å²) in [4.78, 5) is 23.5. The zero-order valence-electron chi connectivity index (χ0n) is 11.4. The fourth-order valence-corrected chi connectivity index (χ4v) is 1.92. The zero-order valence-corrected chi connectivity index (χ0v) is 11.4. The average molecular weight is 265 g/mol. The third-order valence-electron chi connectivity index (χ3n) is 3.28. The highest BCUT2D eigenvalue weighted by atomic mass is 16.4. The van der Waals surface area contributed by atoms with Crippen LogP contribution in [0.3, 0.4) is 0 Å². The number of aryl methyl sites for hydroxylation is 1. The van der Waals surface area contributed by atoms with Gasteiger partial charge in [0.2, 0.25) is 0 Å². The lowest BCUT2D eigenvalue weighted by atomic mass is 10.1. The second-order valence-electron chi connectivity index (χ2n) is 4.57. The number of hydrogen-bond donors (Lipinski definition) is 2. The van der Waals surface area contributed by atoms with Crippen LogP contribution in [0.1, 0.15) is 24.5 Å². The Bertz CT molecular complexity index is 484. The molecule has 19 heavy (non-hydrogen) atoms. The third-order valence-corrected chi connectivity index (χ3v) is 3.28. The fraction of sp³-hybridized carbons (Fsp3) is 0.429. The van der Waals surface area contributed by atoms with Gasteiger partial charge in [-0.15, -0.1) is 0 Å². The van der Waals surface area contributed by atoms with Gasteiger partial charge in [-0.3, -0.25) is 4.79 Å². The van der Waals surface area contributed by atoms with Crippen LogP contribution in [0.2, 0.25) is 0 Å². The van der Waals surface area contributed by atoms with Gasteiger partial charge in [-0.05, 0) is 38.0 Å². The molecule has 1 rings (SSSR count). The van der Waals surface area contributed by atoms with Crippen molar-refractivity contribution < 1.29 is 19.8 Å². The van der Waals surface area contributed by atoms with Crippen LogP contribution >= 0.6 is 0 Å².